The minimum atomic E-state index is -0.565. The van der Waals surface area contributed by atoms with Crippen LogP contribution in [0.25, 0.3) is 0 Å². The average Bonchev–Trinajstić information content (AvgIpc) is 3.70. The Hall–Kier alpha value is -8.48. The van der Waals surface area contributed by atoms with E-state index in [4.69, 9.17) is 55.9 Å². The number of methoxy groups -OCH3 is 2. The maximum atomic E-state index is 12.8. The van der Waals surface area contributed by atoms with Gasteiger partial charge in [0.1, 0.15) is 46.4 Å². The second kappa shape index (κ2) is 44.9. The van der Waals surface area contributed by atoms with Crippen LogP contribution in [0.1, 0.15) is 33.4 Å². The van der Waals surface area contributed by atoms with Crippen molar-refractivity contribution >= 4 is 97.6 Å². The summed E-state index contributed by atoms with van der Waals surface area (Å²) in [6.07, 6.45) is 0. The van der Waals surface area contributed by atoms with Crippen LogP contribution in [0.15, 0.2) is 164 Å². The number of ether oxygens (including phenoxy) is 2. The molecular formula is C71H87Cl4F6N9O2. The van der Waals surface area contributed by atoms with Crippen LogP contribution in [-0.4, -0.2) is 77.6 Å². The predicted molar refractivity (Wildman–Crippen MR) is 385 cm³/mol. The summed E-state index contributed by atoms with van der Waals surface area (Å²) in [5.74, 6) is -0.322. The number of rotatable bonds is 11. The van der Waals surface area contributed by atoms with E-state index in [2.05, 4.69) is 47.9 Å². The van der Waals surface area contributed by atoms with E-state index in [1.165, 1.54) is 48.0 Å². The molecule has 9 aromatic carbocycles. The first-order chi connectivity index (χ1) is 43.7. The van der Waals surface area contributed by atoms with Crippen LogP contribution in [-0.2, 0) is 0 Å². The first kappa shape index (κ1) is 81.5. The number of aryl methyl sites for hydroxylation is 5. The molecule has 9 aromatic rings. The van der Waals surface area contributed by atoms with Crippen LogP contribution < -0.4 is 57.3 Å². The highest BCUT2D eigenvalue weighted by atomic mass is 35.5. The number of halogens is 10. The second-order valence-corrected chi connectivity index (χ2v) is 21.0. The Kier molecular flexibility index (Phi) is 39.8. The smallest absolute Gasteiger partial charge is 0.146 e. The van der Waals surface area contributed by atoms with Crippen molar-refractivity contribution in [2.45, 2.75) is 41.5 Å². The Bertz CT molecular complexity index is 3380. The van der Waals surface area contributed by atoms with Crippen molar-refractivity contribution < 1.29 is 35.8 Å². The molecule has 0 aliphatic carbocycles. The SMILES string of the molecule is CNc1cc(Cl)ccc1C.CNc1cc(F)cc(F)c1.CNc1cc(OC)ccc1F.CNc1ccc(C)c(Cl)c1.CNc1ccc(C)c(F)c1.CNc1ccc(Cl)c(Cl)c1.CNc1ccc(F)c(C)c1.CNc1ccc(F)cc1C.CNc1cccc(OC)c1C. The third-order valence-electron chi connectivity index (χ3n) is 12.9. The fraction of sp³-hybridized carbons (Fsp3) is 0.239. The fourth-order valence-corrected chi connectivity index (χ4v) is 8.00. The summed E-state index contributed by atoms with van der Waals surface area (Å²) >= 11 is 23.0. The van der Waals surface area contributed by atoms with Crippen LogP contribution >= 0.6 is 46.4 Å². The topological polar surface area (TPSA) is 127 Å². The molecule has 0 saturated carbocycles. The van der Waals surface area contributed by atoms with E-state index in [1.807, 2.05) is 137 Å². The van der Waals surface area contributed by atoms with E-state index >= 15 is 0 Å². The molecule has 0 saturated heterocycles. The van der Waals surface area contributed by atoms with Gasteiger partial charge in [-0.2, -0.15) is 0 Å². The minimum Gasteiger partial charge on any atom is -0.497 e. The molecule has 0 spiro atoms. The molecule has 0 radical (unpaired) electrons. The van der Waals surface area contributed by atoms with Crippen molar-refractivity contribution in [3.63, 3.8) is 0 Å². The van der Waals surface area contributed by atoms with Gasteiger partial charge in [0.05, 0.1) is 30.0 Å². The van der Waals surface area contributed by atoms with Crippen molar-refractivity contribution in [1.29, 1.82) is 0 Å². The number of hydrogen-bond donors (Lipinski definition) is 9. The van der Waals surface area contributed by atoms with Crippen LogP contribution in [0.5, 0.6) is 11.5 Å². The van der Waals surface area contributed by atoms with Gasteiger partial charge in [-0.1, -0.05) is 70.7 Å². The molecule has 0 aromatic heterocycles. The van der Waals surface area contributed by atoms with Gasteiger partial charge in [-0.3, -0.25) is 0 Å². The van der Waals surface area contributed by atoms with E-state index in [0.717, 1.165) is 78.4 Å². The molecule has 0 amide bonds. The maximum absolute atomic E-state index is 12.8. The van der Waals surface area contributed by atoms with Crippen LogP contribution in [0.3, 0.4) is 0 Å². The minimum absolute atomic E-state index is 0.154. The van der Waals surface area contributed by atoms with E-state index in [-0.39, 0.29) is 23.3 Å². The summed E-state index contributed by atoms with van der Waals surface area (Å²) in [5.41, 5.74) is 13.6. The zero-order valence-corrected chi connectivity index (χ0v) is 58.2. The summed E-state index contributed by atoms with van der Waals surface area (Å²) in [6, 6.07) is 45.6. The lowest BCUT2D eigenvalue weighted by Gasteiger charge is -2.08. The summed E-state index contributed by atoms with van der Waals surface area (Å²) in [6.45, 7) is 11.4. The van der Waals surface area contributed by atoms with Gasteiger partial charge >= 0.3 is 0 Å². The zero-order chi connectivity index (χ0) is 69.5. The Balaban J connectivity index is 0.000000518. The third kappa shape index (κ3) is 31.0. The summed E-state index contributed by atoms with van der Waals surface area (Å²) < 4.78 is 85.3. The fourth-order valence-electron chi connectivity index (χ4n) is 7.35. The van der Waals surface area contributed by atoms with E-state index in [1.54, 1.807) is 97.7 Å². The van der Waals surface area contributed by atoms with Crippen molar-refractivity contribution in [2.24, 2.45) is 0 Å². The first-order valence-electron chi connectivity index (χ1n) is 28.5. The Morgan fingerprint density at radius 1 is 0.293 bits per heavy atom. The van der Waals surface area contributed by atoms with Gasteiger partial charge in [0, 0.05) is 137 Å². The molecule has 498 valence electrons. The normalized spacial score (nSPS) is 9.47. The molecule has 0 unspecified atom stereocenters. The second-order valence-electron chi connectivity index (χ2n) is 19.3. The lowest BCUT2D eigenvalue weighted by Crippen LogP contribution is -1.94. The highest BCUT2D eigenvalue weighted by molar-refractivity contribution is 6.42. The molecule has 11 nitrogen and oxygen atoms in total. The molecule has 0 fully saturated rings. The quantitative estimate of drug-likeness (QED) is 0.0575. The standard InChI is InChI=1S/C9H13NO.2C8H10ClN.C8H10FNO.3C8H10FN.C7H7Cl2N.C7H7F2N/c1-7-8(10-2)5-4-6-9(7)11-3;1-6-3-4-7(10-2)5-8(6)9;1-6-3-4-7(9)5-8(6)10-2;1-10-8-5-6(11-2)3-4-7(8)9;1-6-5-7(10-2)3-4-8(6)9;1-6-5-7(9)3-4-8(6)10-2;1-6-3-4-7(10-2)5-8(6)9;1-10-5-2-3-6(8)7(9)4-5;1-10-7-3-5(8)2-6(9)4-7/h4-6,10H,1-3H3;2*3-5,10H,1-2H3;3-5,10H,1-2H3;3*3-5,10H,1-2H3;2*2-4,10H,1H3. The molecule has 21 heteroatoms. The molecule has 0 atom stereocenters. The number of anilines is 9. The molecular weight excluding hydrogens is 1270 g/mol. The highest BCUT2D eigenvalue weighted by Gasteiger charge is 2.04. The van der Waals surface area contributed by atoms with Crippen LogP contribution in [0.4, 0.5) is 77.5 Å². The lowest BCUT2D eigenvalue weighted by atomic mass is 10.2. The van der Waals surface area contributed by atoms with Crippen molar-refractivity contribution in [1.82, 2.24) is 0 Å². The summed E-state index contributed by atoms with van der Waals surface area (Å²) in [4.78, 5) is 0. The average molecular weight is 1350 g/mol. The lowest BCUT2D eigenvalue weighted by molar-refractivity contribution is 0.412. The summed E-state index contributed by atoms with van der Waals surface area (Å²) in [7, 11) is 19.4. The zero-order valence-electron chi connectivity index (χ0n) is 55.2. The van der Waals surface area contributed by atoms with Crippen molar-refractivity contribution in [3.05, 3.63) is 252 Å². The molecule has 0 aliphatic heterocycles. The van der Waals surface area contributed by atoms with Crippen molar-refractivity contribution in [3.8, 4) is 11.5 Å². The Morgan fingerprint density at radius 3 is 1.27 bits per heavy atom. The first-order valence-corrected chi connectivity index (χ1v) is 30.0. The van der Waals surface area contributed by atoms with Gasteiger partial charge < -0.3 is 57.3 Å². The largest absolute Gasteiger partial charge is 0.497 e. The molecule has 0 bridgehead atoms. The molecule has 9 N–H and O–H groups in total. The number of nitrogens with one attached hydrogen (secondary N) is 9. The van der Waals surface area contributed by atoms with Gasteiger partial charge in [-0.05, 0) is 197 Å². The third-order valence-corrected chi connectivity index (χ3v) is 14.3. The van der Waals surface area contributed by atoms with Gasteiger partial charge in [0.25, 0.3) is 0 Å². The molecule has 0 heterocycles. The molecule has 92 heavy (non-hydrogen) atoms. The summed E-state index contributed by atoms with van der Waals surface area (Å²) in [5, 5.41) is 28.9. The van der Waals surface area contributed by atoms with Crippen LogP contribution in [0, 0.1) is 76.4 Å². The van der Waals surface area contributed by atoms with E-state index in [0.29, 0.717) is 38.3 Å². The molecule has 0 aliphatic rings. The maximum Gasteiger partial charge on any atom is 0.146 e. The Labute approximate surface area is 561 Å². The van der Waals surface area contributed by atoms with E-state index in [9.17, 15) is 26.3 Å². The van der Waals surface area contributed by atoms with Gasteiger partial charge in [-0.25, -0.2) is 26.3 Å². The van der Waals surface area contributed by atoms with Gasteiger partial charge in [0.15, 0.2) is 0 Å². The van der Waals surface area contributed by atoms with Gasteiger partial charge in [-0.15, -0.1) is 0 Å². The number of hydrogen-bond acceptors (Lipinski definition) is 11. The predicted octanol–water partition coefficient (Wildman–Crippen LogP) is 20.9. The monoisotopic (exact) mass is 1350 g/mol. The molecule has 9 rings (SSSR count). The van der Waals surface area contributed by atoms with Crippen LogP contribution in [0.2, 0.25) is 20.1 Å². The number of benzene rings is 9. The Morgan fingerprint density at radius 2 is 0.793 bits per heavy atom. The van der Waals surface area contributed by atoms with E-state index < -0.39 is 11.6 Å². The van der Waals surface area contributed by atoms with Crippen molar-refractivity contribution in [2.75, 3.05) is 125 Å². The van der Waals surface area contributed by atoms with Gasteiger partial charge in [0.2, 0.25) is 0 Å². The highest BCUT2D eigenvalue weighted by Crippen LogP contribution is 2.27.